The Balaban J connectivity index is 1.70. The van der Waals surface area contributed by atoms with Crippen molar-refractivity contribution in [2.75, 3.05) is 6.61 Å². The minimum absolute atomic E-state index is 0.140. The third-order valence-corrected chi connectivity index (χ3v) is 4.17. The van der Waals surface area contributed by atoms with Gasteiger partial charge in [0, 0.05) is 10.9 Å². The molecule has 0 radical (unpaired) electrons. The third kappa shape index (κ3) is 6.66. The summed E-state index contributed by atoms with van der Waals surface area (Å²) in [6.45, 7) is 1.54. The normalized spacial score (nSPS) is 11.6. The van der Waals surface area contributed by atoms with E-state index in [1.165, 1.54) is 12.1 Å². The number of nitrogens with one attached hydrogen (secondary N) is 1. The average molecular weight is 408 g/mol. The molecule has 0 aromatic heterocycles. The maximum Gasteiger partial charge on any atom is 0.306 e. The molecule has 25 heavy (non-hydrogen) atoms. The molecule has 0 fully saturated rings. The van der Waals surface area contributed by atoms with Gasteiger partial charge in [0.1, 0.15) is 5.82 Å². The standard InChI is InChI=1S/C19H19BrFNO3/c1-13(15-5-7-16(20)8-6-15)22-18(23)12-25-19(24)11-4-14-2-9-17(21)10-3-14/h2-3,5-10,13H,4,11-12H2,1H3,(H,22,23)/t13-/m1/s1. The van der Waals surface area contributed by atoms with E-state index in [9.17, 15) is 14.0 Å². The Morgan fingerprint density at radius 3 is 2.40 bits per heavy atom. The number of hydrogen-bond acceptors (Lipinski definition) is 3. The number of aryl methyl sites for hydroxylation is 1. The molecule has 132 valence electrons. The number of ether oxygens (including phenoxy) is 1. The number of hydrogen-bond donors (Lipinski definition) is 1. The van der Waals surface area contributed by atoms with E-state index in [1.807, 2.05) is 31.2 Å². The summed E-state index contributed by atoms with van der Waals surface area (Å²) in [5.74, 6) is -1.13. The minimum atomic E-state index is -0.462. The number of carbonyl (C=O) groups excluding carboxylic acids is 2. The lowest BCUT2D eigenvalue weighted by Crippen LogP contribution is -2.31. The maximum absolute atomic E-state index is 12.8. The van der Waals surface area contributed by atoms with E-state index in [0.29, 0.717) is 6.42 Å². The van der Waals surface area contributed by atoms with Gasteiger partial charge in [0.15, 0.2) is 6.61 Å². The number of carbonyl (C=O) groups is 2. The second-order valence-corrected chi connectivity index (χ2v) is 6.54. The molecule has 2 aromatic rings. The molecule has 0 aliphatic rings. The van der Waals surface area contributed by atoms with Gasteiger partial charge in [-0.05, 0) is 48.7 Å². The van der Waals surface area contributed by atoms with Crippen LogP contribution in [0.25, 0.3) is 0 Å². The summed E-state index contributed by atoms with van der Waals surface area (Å²) in [6, 6.07) is 13.4. The molecule has 0 unspecified atom stereocenters. The van der Waals surface area contributed by atoms with Gasteiger partial charge < -0.3 is 10.1 Å². The van der Waals surface area contributed by atoms with Crippen LogP contribution in [0.2, 0.25) is 0 Å². The molecule has 0 saturated carbocycles. The number of rotatable bonds is 7. The molecular formula is C19H19BrFNO3. The van der Waals surface area contributed by atoms with E-state index in [4.69, 9.17) is 4.74 Å². The highest BCUT2D eigenvalue weighted by Gasteiger charge is 2.12. The summed E-state index contributed by atoms with van der Waals surface area (Å²) in [5.41, 5.74) is 1.80. The molecule has 0 aliphatic heterocycles. The van der Waals surface area contributed by atoms with Gasteiger partial charge in [-0.15, -0.1) is 0 Å². The van der Waals surface area contributed by atoms with Gasteiger partial charge in [-0.1, -0.05) is 40.2 Å². The molecule has 0 bridgehead atoms. The molecule has 1 N–H and O–H groups in total. The van der Waals surface area contributed by atoms with Gasteiger partial charge in [-0.3, -0.25) is 9.59 Å². The molecule has 1 amide bonds. The van der Waals surface area contributed by atoms with E-state index in [2.05, 4.69) is 21.2 Å². The zero-order valence-electron chi connectivity index (χ0n) is 13.8. The first kappa shape index (κ1) is 19.1. The van der Waals surface area contributed by atoms with E-state index in [0.717, 1.165) is 15.6 Å². The Morgan fingerprint density at radius 2 is 1.76 bits per heavy atom. The Bertz CT molecular complexity index is 716. The lowest BCUT2D eigenvalue weighted by molar-refractivity contribution is -0.148. The van der Waals surface area contributed by atoms with Gasteiger partial charge in [-0.25, -0.2) is 4.39 Å². The van der Waals surface area contributed by atoms with Crippen LogP contribution in [0.15, 0.2) is 53.0 Å². The van der Waals surface area contributed by atoms with E-state index >= 15 is 0 Å². The largest absolute Gasteiger partial charge is 0.456 e. The summed E-state index contributed by atoms with van der Waals surface area (Å²) in [6.07, 6.45) is 0.581. The number of esters is 1. The van der Waals surface area contributed by atoms with Crippen molar-refractivity contribution in [2.24, 2.45) is 0 Å². The molecule has 6 heteroatoms. The van der Waals surface area contributed by atoms with Crippen LogP contribution in [-0.4, -0.2) is 18.5 Å². The number of benzene rings is 2. The zero-order chi connectivity index (χ0) is 18.2. The Morgan fingerprint density at radius 1 is 1.12 bits per heavy atom. The molecule has 0 aliphatic carbocycles. The fourth-order valence-electron chi connectivity index (χ4n) is 2.23. The zero-order valence-corrected chi connectivity index (χ0v) is 15.4. The first-order valence-corrected chi connectivity index (χ1v) is 8.68. The van der Waals surface area contributed by atoms with Gasteiger partial charge in [0.05, 0.1) is 6.04 Å². The smallest absolute Gasteiger partial charge is 0.306 e. The molecule has 0 saturated heterocycles. The van der Waals surface area contributed by atoms with Crippen LogP contribution in [0.3, 0.4) is 0 Å². The van der Waals surface area contributed by atoms with Crippen molar-refractivity contribution in [3.05, 3.63) is 69.9 Å². The van der Waals surface area contributed by atoms with Gasteiger partial charge in [0.25, 0.3) is 5.91 Å². The second kappa shape index (κ2) is 9.32. The van der Waals surface area contributed by atoms with Crippen LogP contribution in [0.5, 0.6) is 0 Å². The van der Waals surface area contributed by atoms with Crippen LogP contribution in [0.4, 0.5) is 4.39 Å². The van der Waals surface area contributed by atoms with Crippen LogP contribution in [0, 0.1) is 5.82 Å². The summed E-state index contributed by atoms with van der Waals surface area (Å²) in [4.78, 5) is 23.6. The SMILES string of the molecule is C[C@@H](NC(=O)COC(=O)CCc1ccc(F)cc1)c1ccc(Br)cc1. The van der Waals surface area contributed by atoms with E-state index < -0.39 is 5.97 Å². The van der Waals surface area contributed by atoms with Crippen LogP contribution in [-0.2, 0) is 20.7 Å². The molecule has 0 spiro atoms. The third-order valence-electron chi connectivity index (χ3n) is 3.64. The summed E-state index contributed by atoms with van der Waals surface area (Å²) < 4.78 is 18.7. The van der Waals surface area contributed by atoms with Crippen LogP contribution < -0.4 is 5.32 Å². The predicted octanol–water partition coefficient (Wildman–Crippen LogP) is 3.94. The van der Waals surface area contributed by atoms with Crippen molar-refractivity contribution in [3.63, 3.8) is 0 Å². The molecule has 0 heterocycles. The second-order valence-electron chi connectivity index (χ2n) is 5.63. The lowest BCUT2D eigenvalue weighted by atomic mass is 10.1. The highest BCUT2D eigenvalue weighted by atomic mass is 79.9. The first-order chi connectivity index (χ1) is 11.9. The van der Waals surface area contributed by atoms with Crippen LogP contribution >= 0.6 is 15.9 Å². The Hall–Kier alpha value is -2.21. The predicted molar refractivity (Wildman–Crippen MR) is 96.4 cm³/mol. The molecule has 4 nitrogen and oxygen atoms in total. The molecule has 2 rings (SSSR count). The van der Waals surface area contributed by atoms with Crippen molar-refractivity contribution in [1.82, 2.24) is 5.32 Å². The van der Waals surface area contributed by atoms with Gasteiger partial charge >= 0.3 is 5.97 Å². The quantitative estimate of drug-likeness (QED) is 0.707. The topological polar surface area (TPSA) is 55.4 Å². The summed E-state index contributed by atoms with van der Waals surface area (Å²) >= 11 is 3.36. The van der Waals surface area contributed by atoms with Gasteiger partial charge in [0.2, 0.25) is 0 Å². The fourth-order valence-corrected chi connectivity index (χ4v) is 2.50. The monoisotopic (exact) mass is 407 g/mol. The highest BCUT2D eigenvalue weighted by Crippen LogP contribution is 2.16. The summed E-state index contributed by atoms with van der Waals surface area (Å²) in [7, 11) is 0. The van der Waals surface area contributed by atoms with Crippen molar-refractivity contribution in [1.29, 1.82) is 0 Å². The molecular weight excluding hydrogens is 389 g/mol. The van der Waals surface area contributed by atoms with E-state index in [1.54, 1.807) is 12.1 Å². The highest BCUT2D eigenvalue weighted by molar-refractivity contribution is 9.10. The van der Waals surface area contributed by atoms with Crippen molar-refractivity contribution in [3.8, 4) is 0 Å². The Labute approximate surface area is 154 Å². The minimum Gasteiger partial charge on any atom is -0.456 e. The maximum atomic E-state index is 12.8. The summed E-state index contributed by atoms with van der Waals surface area (Å²) in [5, 5.41) is 2.78. The van der Waals surface area contributed by atoms with Crippen molar-refractivity contribution < 1.29 is 18.7 Å². The average Bonchev–Trinajstić information content (AvgIpc) is 2.60. The molecule has 1 atom stereocenters. The van der Waals surface area contributed by atoms with Crippen LogP contribution in [0.1, 0.15) is 30.5 Å². The van der Waals surface area contributed by atoms with E-state index in [-0.39, 0.29) is 30.8 Å². The van der Waals surface area contributed by atoms with Crippen molar-refractivity contribution >= 4 is 27.8 Å². The number of amides is 1. The van der Waals surface area contributed by atoms with Gasteiger partial charge in [-0.2, -0.15) is 0 Å². The Kier molecular flexibility index (Phi) is 7.13. The first-order valence-electron chi connectivity index (χ1n) is 7.89. The lowest BCUT2D eigenvalue weighted by Gasteiger charge is -2.14. The fraction of sp³-hybridized carbons (Fsp3) is 0.263. The van der Waals surface area contributed by atoms with Crippen molar-refractivity contribution in [2.45, 2.75) is 25.8 Å². The number of halogens is 2. The molecule has 2 aromatic carbocycles.